The monoisotopic (exact) mass is 192 g/mol. The number of nitrogens with one attached hydrogen (secondary N) is 1. The Labute approximate surface area is 84.8 Å². The molecule has 2 aliphatic heterocycles. The van der Waals surface area contributed by atoms with Gasteiger partial charge >= 0.3 is 0 Å². The molecule has 2 aliphatic rings. The van der Waals surface area contributed by atoms with E-state index in [0.717, 1.165) is 19.5 Å². The molecule has 0 aromatic carbocycles. The van der Waals surface area contributed by atoms with Gasteiger partial charge in [0.1, 0.15) is 0 Å². The van der Waals surface area contributed by atoms with Crippen molar-refractivity contribution in [2.24, 2.45) is 5.92 Å². The number of hydrogen-bond acceptors (Lipinski definition) is 2. The second kappa shape index (κ2) is 3.62. The van der Waals surface area contributed by atoms with E-state index in [2.05, 4.69) is 24.1 Å². The molecule has 2 saturated heterocycles. The molecule has 2 heterocycles. The van der Waals surface area contributed by atoms with Crippen molar-refractivity contribution < 1.29 is 4.79 Å². The summed E-state index contributed by atoms with van der Waals surface area (Å²) in [5.74, 6) is 5.97. The maximum Gasteiger partial charge on any atom is 0.298 e. The summed E-state index contributed by atoms with van der Waals surface area (Å²) in [4.78, 5) is 13.7. The Morgan fingerprint density at radius 1 is 1.50 bits per heavy atom. The van der Waals surface area contributed by atoms with Crippen LogP contribution in [0.4, 0.5) is 0 Å². The SMILES string of the molecule is CC#CC(=O)N1C(C)CC2CNCC21. The van der Waals surface area contributed by atoms with Crippen LogP contribution in [-0.4, -0.2) is 36.0 Å². The highest BCUT2D eigenvalue weighted by Crippen LogP contribution is 2.31. The van der Waals surface area contributed by atoms with Crippen LogP contribution in [0.3, 0.4) is 0 Å². The van der Waals surface area contributed by atoms with Crippen LogP contribution >= 0.6 is 0 Å². The van der Waals surface area contributed by atoms with Crippen LogP contribution in [-0.2, 0) is 4.79 Å². The van der Waals surface area contributed by atoms with E-state index in [4.69, 9.17) is 0 Å². The third-order valence-electron chi connectivity index (χ3n) is 3.25. The lowest BCUT2D eigenvalue weighted by atomic mass is 10.0. The number of carbonyl (C=O) groups excluding carboxylic acids is 1. The maximum absolute atomic E-state index is 11.7. The van der Waals surface area contributed by atoms with Crippen LogP contribution in [0.2, 0.25) is 0 Å². The first kappa shape index (κ1) is 9.54. The molecular weight excluding hydrogens is 176 g/mol. The Bertz CT molecular complexity index is 302. The fraction of sp³-hybridized carbons (Fsp3) is 0.727. The third-order valence-corrected chi connectivity index (χ3v) is 3.25. The number of hydrogen-bond donors (Lipinski definition) is 1. The van der Waals surface area contributed by atoms with Crippen molar-refractivity contribution in [3.63, 3.8) is 0 Å². The Morgan fingerprint density at radius 2 is 2.29 bits per heavy atom. The molecule has 0 bridgehead atoms. The van der Waals surface area contributed by atoms with E-state index in [0.29, 0.717) is 18.0 Å². The Balaban J connectivity index is 2.15. The highest BCUT2D eigenvalue weighted by molar-refractivity contribution is 5.94. The van der Waals surface area contributed by atoms with Crippen molar-refractivity contribution in [2.75, 3.05) is 13.1 Å². The van der Waals surface area contributed by atoms with Crippen molar-refractivity contribution in [1.29, 1.82) is 0 Å². The first-order chi connectivity index (χ1) is 6.74. The number of nitrogens with zero attached hydrogens (tertiary/aromatic N) is 1. The van der Waals surface area contributed by atoms with Crippen LogP contribution < -0.4 is 5.32 Å². The summed E-state index contributed by atoms with van der Waals surface area (Å²) in [7, 11) is 0. The van der Waals surface area contributed by atoms with Gasteiger partial charge in [-0.3, -0.25) is 4.79 Å². The number of amides is 1. The predicted molar refractivity (Wildman–Crippen MR) is 54.5 cm³/mol. The van der Waals surface area contributed by atoms with Gasteiger partial charge in [0.25, 0.3) is 5.91 Å². The van der Waals surface area contributed by atoms with Crippen molar-refractivity contribution in [3.8, 4) is 11.8 Å². The van der Waals surface area contributed by atoms with Gasteiger partial charge in [-0.05, 0) is 32.1 Å². The fourth-order valence-electron chi connectivity index (χ4n) is 2.69. The molecule has 0 saturated carbocycles. The summed E-state index contributed by atoms with van der Waals surface area (Å²) >= 11 is 0. The lowest BCUT2D eigenvalue weighted by Crippen LogP contribution is -2.42. The highest BCUT2D eigenvalue weighted by atomic mass is 16.2. The van der Waals surface area contributed by atoms with Crippen molar-refractivity contribution in [3.05, 3.63) is 0 Å². The van der Waals surface area contributed by atoms with E-state index in [9.17, 15) is 4.79 Å². The number of fused-ring (bicyclic) bond motifs is 1. The molecule has 2 rings (SSSR count). The number of likely N-dealkylation sites (tertiary alicyclic amines) is 1. The van der Waals surface area contributed by atoms with Gasteiger partial charge in [-0.25, -0.2) is 0 Å². The lowest BCUT2D eigenvalue weighted by molar-refractivity contribution is -0.127. The summed E-state index contributed by atoms with van der Waals surface area (Å²) < 4.78 is 0. The lowest BCUT2D eigenvalue weighted by Gasteiger charge is -2.25. The third kappa shape index (κ3) is 1.40. The molecule has 1 amide bonds. The summed E-state index contributed by atoms with van der Waals surface area (Å²) in [6.07, 6.45) is 1.12. The smallest absolute Gasteiger partial charge is 0.298 e. The molecule has 3 unspecified atom stereocenters. The molecule has 3 atom stereocenters. The molecule has 2 fully saturated rings. The molecule has 0 aliphatic carbocycles. The molecule has 3 nitrogen and oxygen atoms in total. The van der Waals surface area contributed by atoms with Gasteiger partial charge < -0.3 is 10.2 Å². The van der Waals surface area contributed by atoms with Crippen LogP contribution in [0.15, 0.2) is 0 Å². The van der Waals surface area contributed by atoms with E-state index in [1.165, 1.54) is 0 Å². The van der Waals surface area contributed by atoms with Crippen LogP contribution in [0.1, 0.15) is 20.3 Å². The predicted octanol–water partition coefficient (Wildman–Crippen LogP) is 0.218. The van der Waals surface area contributed by atoms with Gasteiger partial charge in [0.15, 0.2) is 0 Å². The number of rotatable bonds is 0. The number of carbonyl (C=O) groups is 1. The largest absolute Gasteiger partial charge is 0.325 e. The van der Waals surface area contributed by atoms with Gasteiger partial charge in [0, 0.05) is 25.2 Å². The van der Waals surface area contributed by atoms with Gasteiger partial charge in [-0.15, -0.1) is 0 Å². The zero-order valence-corrected chi connectivity index (χ0v) is 8.71. The molecule has 0 aromatic rings. The molecule has 1 N–H and O–H groups in total. The molecule has 14 heavy (non-hydrogen) atoms. The topological polar surface area (TPSA) is 32.3 Å². The second-order valence-electron chi connectivity index (χ2n) is 4.16. The summed E-state index contributed by atoms with van der Waals surface area (Å²) in [5.41, 5.74) is 0. The van der Waals surface area contributed by atoms with Crippen LogP contribution in [0.5, 0.6) is 0 Å². The van der Waals surface area contributed by atoms with E-state index in [1.54, 1.807) is 6.92 Å². The van der Waals surface area contributed by atoms with Crippen LogP contribution in [0, 0.1) is 17.8 Å². The minimum atomic E-state index is -0.00352. The Kier molecular flexibility index (Phi) is 2.47. The van der Waals surface area contributed by atoms with Crippen molar-refractivity contribution in [2.45, 2.75) is 32.4 Å². The van der Waals surface area contributed by atoms with E-state index in [-0.39, 0.29) is 5.91 Å². The quantitative estimate of drug-likeness (QED) is 0.557. The molecular formula is C11H16N2O. The summed E-state index contributed by atoms with van der Waals surface area (Å²) in [6.45, 7) is 5.82. The Morgan fingerprint density at radius 3 is 3.00 bits per heavy atom. The molecule has 76 valence electrons. The Hall–Kier alpha value is -1.01. The molecule has 0 radical (unpaired) electrons. The standard InChI is InChI=1S/C11H16N2O/c1-3-4-11(14)13-8(2)5-9-6-12-7-10(9)13/h8-10,12H,5-7H2,1-2H3. The first-order valence-corrected chi connectivity index (χ1v) is 5.19. The van der Waals surface area contributed by atoms with Gasteiger partial charge in [0.05, 0.1) is 0 Å². The minimum absolute atomic E-state index is 0.00352. The average Bonchev–Trinajstić information content (AvgIpc) is 2.63. The average molecular weight is 192 g/mol. The zero-order chi connectivity index (χ0) is 10.1. The van der Waals surface area contributed by atoms with E-state index in [1.807, 2.05) is 4.90 Å². The molecule has 0 spiro atoms. The van der Waals surface area contributed by atoms with Crippen molar-refractivity contribution in [1.82, 2.24) is 10.2 Å². The van der Waals surface area contributed by atoms with E-state index < -0.39 is 0 Å². The maximum atomic E-state index is 11.7. The van der Waals surface area contributed by atoms with Gasteiger partial charge in [0.2, 0.25) is 0 Å². The van der Waals surface area contributed by atoms with Crippen LogP contribution in [0.25, 0.3) is 0 Å². The minimum Gasteiger partial charge on any atom is -0.325 e. The zero-order valence-electron chi connectivity index (χ0n) is 8.71. The highest BCUT2D eigenvalue weighted by Gasteiger charge is 2.43. The molecule has 3 heteroatoms. The van der Waals surface area contributed by atoms with E-state index >= 15 is 0 Å². The second-order valence-corrected chi connectivity index (χ2v) is 4.16. The van der Waals surface area contributed by atoms with Gasteiger partial charge in [-0.2, -0.15) is 0 Å². The van der Waals surface area contributed by atoms with Crippen molar-refractivity contribution >= 4 is 5.91 Å². The fourth-order valence-corrected chi connectivity index (χ4v) is 2.69. The normalized spacial score (nSPS) is 35.0. The molecule has 0 aromatic heterocycles. The first-order valence-electron chi connectivity index (χ1n) is 5.19. The van der Waals surface area contributed by atoms with Gasteiger partial charge in [-0.1, -0.05) is 5.92 Å². The summed E-state index contributed by atoms with van der Waals surface area (Å²) in [6, 6.07) is 0.749. The summed E-state index contributed by atoms with van der Waals surface area (Å²) in [5, 5.41) is 3.33.